The van der Waals surface area contributed by atoms with E-state index in [1.165, 1.54) is 24.2 Å². The average molecular weight is 465 g/mol. The molecule has 0 amide bonds. The summed E-state index contributed by atoms with van der Waals surface area (Å²) in [6.45, 7) is 1.84. The Labute approximate surface area is 184 Å². The van der Waals surface area contributed by atoms with Crippen molar-refractivity contribution in [3.63, 3.8) is 0 Å². The molecule has 2 rings (SSSR count). The van der Waals surface area contributed by atoms with E-state index >= 15 is 0 Å². The molecule has 5 nitrogen and oxygen atoms in total. The Morgan fingerprint density at radius 3 is 2.06 bits per heavy atom. The summed E-state index contributed by atoms with van der Waals surface area (Å²) in [6.07, 6.45) is 3.19. The quantitative estimate of drug-likeness (QED) is 0.443. The summed E-state index contributed by atoms with van der Waals surface area (Å²) in [5.74, 6) is 0. The van der Waals surface area contributed by atoms with E-state index in [0.717, 1.165) is 63.1 Å². The molecule has 0 unspecified atom stereocenters. The number of hydrogen-bond donors (Lipinski definition) is 0. The number of nitrogens with zero attached hydrogens (tertiary/aromatic N) is 2. The summed E-state index contributed by atoms with van der Waals surface area (Å²) in [7, 11) is 1.82. The number of unbranched alkanes of at least 4 members (excludes halogenated alkanes) is 3. The highest BCUT2D eigenvalue weighted by Gasteiger charge is 2.34. The van der Waals surface area contributed by atoms with Gasteiger partial charge in [0.1, 0.15) is 0 Å². The van der Waals surface area contributed by atoms with Crippen LogP contribution in [0.3, 0.4) is 0 Å². The third-order valence-corrected chi connectivity index (χ3v) is 7.79. The van der Waals surface area contributed by atoms with Crippen LogP contribution in [-0.4, -0.2) is 64.1 Å². The van der Waals surface area contributed by atoms with Crippen molar-refractivity contribution in [3.8, 4) is 0 Å². The number of halogens is 3. The first-order valence-electron chi connectivity index (χ1n) is 10.9. The van der Waals surface area contributed by atoms with Gasteiger partial charge in [0.2, 0.25) is 10.0 Å². The second-order valence-corrected chi connectivity index (χ2v) is 10.6. The molecule has 0 aliphatic heterocycles. The number of benzene rings is 1. The first kappa shape index (κ1) is 26.1. The summed E-state index contributed by atoms with van der Waals surface area (Å²) >= 11 is 0. The van der Waals surface area contributed by atoms with Crippen molar-refractivity contribution in [2.24, 2.45) is 0 Å². The van der Waals surface area contributed by atoms with Crippen LogP contribution in [0.1, 0.15) is 56.9 Å². The third-order valence-electron chi connectivity index (χ3n) is 5.87. The summed E-state index contributed by atoms with van der Waals surface area (Å²) in [4.78, 5) is 2.07. The van der Waals surface area contributed by atoms with Crippen LogP contribution in [0.15, 0.2) is 29.2 Å². The molecule has 1 aliphatic rings. The minimum atomic E-state index is -4.49. The fourth-order valence-electron chi connectivity index (χ4n) is 3.89. The molecule has 0 N–H and O–H groups in total. The van der Waals surface area contributed by atoms with Crippen molar-refractivity contribution in [1.29, 1.82) is 0 Å². The number of sulfonamides is 1. The predicted molar refractivity (Wildman–Crippen MR) is 115 cm³/mol. The van der Waals surface area contributed by atoms with E-state index in [9.17, 15) is 21.6 Å². The zero-order valence-electron chi connectivity index (χ0n) is 18.7. The van der Waals surface area contributed by atoms with Crippen LogP contribution >= 0.6 is 0 Å². The Balaban J connectivity index is 1.76. The topological polar surface area (TPSA) is 49.9 Å². The van der Waals surface area contributed by atoms with Gasteiger partial charge in [0.05, 0.1) is 16.6 Å². The molecular formula is C22H35F3N2O3S. The van der Waals surface area contributed by atoms with Gasteiger partial charge in [0.15, 0.2) is 0 Å². The predicted octanol–water partition coefficient (Wildman–Crippen LogP) is 4.78. The maximum atomic E-state index is 12.8. The summed E-state index contributed by atoms with van der Waals surface area (Å²) in [5.41, 5.74) is -0.857. The maximum absolute atomic E-state index is 12.8. The van der Waals surface area contributed by atoms with Crippen LogP contribution in [0.4, 0.5) is 13.2 Å². The van der Waals surface area contributed by atoms with Gasteiger partial charge in [-0.15, -0.1) is 0 Å². The Morgan fingerprint density at radius 1 is 0.935 bits per heavy atom. The van der Waals surface area contributed by atoms with Crippen LogP contribution < -0.4 is 0 Å². The first-order chi connectivity index (χ1) is 14.5. The molecule has 0 aromatic heterocycles. The monoisotopic (exact) mass is 464 g/mol. The molecular weight excluding hydrogens is 429 g/mol. The Hall–Kier alpha value is -1.16. The van der Waals surface area contributed by atoms with E-state index < -0.39 is 21.8 Å². The van der Waals surface area contributed by atoms with Crippen LogP contribution in [-0.2, 0) is 20.9 Å². The highest BCUT2D eigenvalue weighted by atomic mass is 32.2. The van der Waals surface area contributed by atoms with Gasteiger partial charge in [0.25, 0.3) is 0 Å². The standard InChI is InChI=1S/C22H35F3N2O3S/c1-26(2)16-6-4-5-7-17-30-20-12-10-19(11-13-20)27(3)31(28,29)21-14-8-18(9-15-21)22(23,24)25/h8-9,14-15,19-20H,4-7,10-13,16-17H2,1-3H3. The number of hydrogen-bond acceptors (Lipinski definition) is 4. The maximum Gasteiger partial charge on any atom is 0.416 e. The van der Waals surface area contributed by atoms with Crippen molar-refractivity contribution < 1.29 is 26.3 Å². The Kier molecular flexibility index (Phi) is 9.79. The number of ether oxygens (including phenoxy) is 1. The fraction of sp³-hybridized carbons (Fsp3) is 0.727. The third kappa shape index (κ3) is 8.04. The highest BCUT2D eigenvalue weighted by molar-refractivity contribution is 7.89. The van der Waals surface area contributed by atoms with E-state index in [2.05, 4.69) is 19.0 Å². The van der Waals surface area contributed by atoms with Gasteiger partial charge in [-0.05, 0) is 83.4 Å². The molecule has 0 atom stereocenters. The molecule has 1 saturated carbocycles. The van der Waals surface area contributed by atoms with Crippen LogP contribution in [0.2, 0.25) is 0 Å². The summed E-state index contributed by atoms with van der Waals surface area (Å²) in [5, 5.41) is 0. The average Bonchev–Trinajstić information content (AvgIpc) is 2.72. The second-order valence-electron chi connectivity index (χ2n) is 8.56. The molecule has 1 fully saturated rings. The van der Waals surface area contributed by atoms with Gasteiger partial charge in [-0.25, -0.2) is 8.42 Å². The summed E-state index contributed by atoms with van der Waals surface area (Å²) in [6, 6.07) is 3.51. The lowest BCUT2D eigenvalue weighted by atomic mass is 9.93. The molecule has 31 heavy (non-hydrogen) atoms. The zero-order valence-corrected chi connectivity index (χ0v) is 19.5. The van der Waals surface area contributed by atoms with Crippen LogP contribution in [0.25, 0.3) is 0 Å². The van der Waals surface area contributed by atoms with Gasteiger partial charge in [-0.3, -0.25) is 0 Å². The summed E-state index contributed by atoms with van der Waals surface area (Å²) < 4.78 is 71.1. The zero-order chi connectivity index (χ0) is 23.1. The van der Waals surface area contributed by atoms with Crippen molar-refractivity contribution in [2.45, 2.75) is 74.6 Å². The molecule has 178 valence electrons. The van der Waals surface area contributed by atoms with E-state index in [1.807, 2.05) is 0 Å². The van der Waals surface area contributed by atoms with E-state index in [-0.39, 0.29) is 17.0 Å². The van der Waals surface area contributed by atoms with Crippen LogP contribution in [0.5, 0.6) is 0 Å². The Bertz CT molecular complexity index is 759. The van der Waals surface area contributed by atoms with Gasteiger partial charge in [0, 0.05) is 19.7 Å². The molecule has 1 aromatic rings. The highest BCUT2D eigenvalue weighted by Crippen LogP contribution is 2.32. The molecule has 1 aliphatic carbocycles. The minimum absolute atomic E-state index is 0.115. The minimum Gasteiger partial charge on any atom is -0.378 e. The number of rotatable bonds is 11. The van der Waals surface area contributed by atoms with Crippen molar-refractivity contribution >= 4 is 10.0 Å². The number of alkyl halides is 3. The van der Waals surface area contributed by atoms with Crippen molar-refractivity contribution in [2.75, 3.05) is 34.3 Å². The van der Waals surface area contributed by atoms with Gasteiger partial charge < -0.3 is 9.64 Å². The molecule has 9 heteroatoms. The largest absolute Gasteiger partial charge is 0.416 e. The molecule has 1 aromatic carbocycles. The van der Waals surface area contributed by atoms with Gasteiger partial charge >= 0.3 is 6.18 Å². The van der Waals surface area contributed by atoms with E-state index in [4.69, 9.17) is 4.74 Å². The van der Waals surface area contributed by atoms with Crippen LogP contribution in [0, 0.1) is 0 Å². The lowest BCUT2D eigenvalue weighted by molar-refractivity contribution is -0.137. The smallest absolute Gasteiger partial charge is 0.378 e. The van der Waals surface area contributed by atoms with Gasteiger partial charge in [-0.2, -0.15) is 17.5 Å². The molecule has 0 saturated heterocycles. The van der Waals surface area contributed by atoms with E-state index in [1.54, 1.807) is 0 Å². The molecule has 0 heterocycles. The Morgan fingerprint density at radius 2 is 1.52 bits per heavy atom. The molecule has 0 bridgehead atoms. The second kappa shape index (κ2) is 11.6. The fourth-order valence-corrected chi connectivity index (χ4v) is 5.30. The SMILES string of the molecule is CN(C)CCCCCCOC1CCC(N(C)S(=O)(=O)c2ccc(C(F)(F)F)cc2)CC1. The van der Waals surface area contributed by atoms with Crippen molar-refractivity contribution in [1.82, 2.24) is 9.21 Å². The normalized spacial score (nSPS) is 20.5. The first-order valence-corrected chi connectivity index (χ1v) is 12.4. The van der Waals surface area contributed by atoms with Gasteiger partial charge in [-0.1, -0.05) is 12.8 Å². The lowest BCUT2D eigenvalue weighted by Crippen LogP contribution is -2.40. The van der Waals surface area contributed by atoms with Crippen molar-refractivity contribution in [3.05, 3.63) is 29.8 Å². The molecule has 0 radical (unpaired) electrons. The lowest BCUT2D eigenvalue weighted by Gasteiger charge is -2.34. The van der Waals surface area contributed by atoms with E-state index in [0.29, 0.717) is 12.8 Å². The molecule has 0 spiro atoms.